The van der Waals surface area contributed by atoms with Gasteiger partial charge in [0.05, 0.1) is 22.2 Å². The number of alkyl halides is 3. The fourth-order valence-electron chi connectivity index (χ4n) is 1.41. The van der Waals surface area contributed by atoms with E-state index in [9.17, 15) is 17.6 Å². The van der Waals surface area contributed by atoms with Gasteiger partial charge in [-0.25, -0.2) is 4.39 Å². The molecule has 0 radical (unpaired) electrons. The molecule has 1 rings (SSSR count). The Morgan fingerprint density at radius 1 is 1.39 bits per heavy atom. The maximum absolute atomic E-state index is 13.8. The van der Waals surface area contributed by atoms with Crippen LogP contribution < -0.4 is 10.6 Å². The van der Waals surface area contributed by atoms with E-state index in [4.69, 9.17) is 29.1 Å². The van der Waals surface area contributed by atoms with E-state index < -0.39 is 25.0 Å². The normalized spacial score (nSPS) is 12.2. The monoisotopic (exact) mass is 383 g/mol. The average Bonchev–Trinajstić information content (AvgIpc) is 2.43. The summed E-state index contributed by atoms with van der Waals surface area (Å²) in [6.07, 6.45) is -5.44. The number of thiocarbonyl (C=S) groups is 1. The molecule has 0 saturated carbocycles. The van der Waals surface area contributed by atoms with Gasteiger partial charge in [-0.1, -0.05) is 29.9 Å². The fraction of sp³-hybridized carbons (Fsp3) is 0.231. The molecule has 1 aromatic rings. The SMILES string of the molecule is N#CC(C(=S)Nc1cccc(Cl)c1F)=C(S)NCCC(F)(F)F. The van der Waals surface area contributed by atoms with E-state index in [0.717, 1.165) is 0 Å². The van der Waals surface area contributed by atoms with E-state index in [1.165, 1.54) is 18.2 Å². The van der Waals surface area contributed by atoms with Crippen LogP contribution in [0.2, 0.25) is 5.02 Å². The van der Waals surface area contributed by atoms with Crippen LogP contribution in [0.15, 0.2) is 28.8 Å². The molecule has 0 aliphatic carbocycles. The van der Waals surface area contributed by atoms with Crippen molar-refractivity contribution in [3.8, 4) is 6.07 Å². The summed E-state index contributed by atoms with van der Waals surface area (Å²) in [4.78, 5) is -0.196. The minimum absolute atomic E-state index is 0.0633. The van der Waals surface area contributed by atoms with E-state index in [1.807, 2.05) is 0 Å². The number of rotatable bonds is 5. The first kappa shape index (κ1) is 19.5. The molecular weight excluding hydrogens is 374 g/mol. The Labute approximate surface area is 145 Å². The molecular formula is C13H10ClF4N3S2. The summed E-state index contributed by atoms with van der Waals surface area (Å²) in [5.74, 6) is -0.764. The highest BCUT2D eigenvalue weighted by molar-refractivity contribution is 7.85. The van der Waals surface area contributed by atoms with Gasteiger partial charge in [-0.3, -0.25) is 0 Å². The van der Waals surface area contributed by atoms with Crippen LogP contribution in [-0.4, -0.2) is 17.7 Å². The molecule has 0 amide bonds. The van der Waals surface area contributed by atoms with Gasteiger partial charge >= 0.3 is 6.18 Å². The lowest BCUT2D eigenvalue weighted by atomic mass is 10.2. The maximum Gasteiger partial charge on any atom is 0.390 e. The highest BCUT2D eigenvalue weighted by atomic mass is 35.5. The Kier molecular flexibility index (Phi) is 7.12. The number of hydrogen-bond donors (Lipinski definition) is 3. The number of halogens is 5. The average molecular weight is 384 g/mol. The zero-order valence-electron chi connectivity index (χ0n) is 11.3. The number of anilines is 1. The van der Waals surface area contributed by atoms with Crippen molar-refractivity contribution in [1.29, 1.82) is 5.26 Å². The van der Waals surface area contributed by atoms with Crippen LogP contribution in [0.1, 0.15) is 6.42 Å². The van der Waals surface area contributed by atoms with E-state index in [1.54, 1.807) is 6.07 Å². The Balaban J connectivity index is 2.84. The van der Waals surface area contributed by atoms with Crippen molar-refractivity contribution in [2.45, 2.75) is 12.6 Å². The Morgan fingerprint density at radius 2 is 2.04 bits per heavy atom. The van der Waals surface area contributed by atoms with E-state index in [0.29, 0.717) is 0 Å². The minimum atomic E-state index is -4.34. The highest BCUT2D eigenvalue weighted by Crippen LogP contribution is 2.23. The summed E-state index contributed by atoms with van der Waals surface area (Å²) in [7, 11) is 0. The number of nitrogens with one attached hydrogen (secondary N) is 2. The lowest BCUT2D eigenvalue weighted by Crippen LogP contribution is -2.23. The molecule has 124 valence electrons. The Bertz CT molecular complexity index is 668. The van der Waals surface area contributed by atoms with Gasteiger partial charge < -0.3 is 10.6 Å². The lowest BCUT2D eigenvalue weighted by Gasteiger charge is -2.12. The second-order valence-corrected chi connectivity index (χ2v) is 5.45. The Hall–Kier alpha value is -1.50. The highest BCUT2D eigenvalue weighted by Gasteiger charge is 2.26. The van der Waals surface area contributed by atoms with E-state index >= 15 is 0 Å². The molecule has 0 saturated heterocycles. The van der Waals surface area contributed by atoms with Gasteiger partial charge in [-0.2, -0.15) is 18.4 Å². The van der Waals surface area contributed by atoms with Crippen molar-refractivity contribution in [3.05, 3.63) is 39.6 Å². The summed E-state index contributed by atoms with van der Waals surface area (Å²) >= 11 is 14.5. The summed E-state index contributed by atoms with van der Waals surface area (Å²) in [5, 5.41) is 13.6. The van der Waals surface area contributed by atoms with Gasteiger partial charge in [0, 0.05) is 6.54 Å². The largest absolute Gasteiger partial charge is 0.390 e. The second-order valence-electron chi connectivity index (χ2n) is 4.18. The van der Waals surface area contributed by atoms with Gasteiger partial charge in [-0.05, 0) is 12.1 Å². The number of hydrogen-bond acceptors (Lipinski definition) is 4. The van der Waals surface area contributed by atoms with Gasteiger partial charge in [-0.15, -0.1) is 12.6 Å². The topological polar surface area (TPSA) is 47.9 Å². The van der Waals surface area contributed by atoms with Crippen LogP contribution in [0, 0.1) is 17.1 Å². The Morgan fingerprint density at radius 3 is 2.61 bits per heavy atom. The predicted octanol–water partition coefficient (Wildman–Crippen LogP) is 4.43. The van der Waals surface area contributed by atoms with Crippen LogP contribution in [0.4, 0.5) is 23.2 Å². The predicted molar refractivity (Wildman–Crippen MR) is 87.9 cm³/mol. The first-order valence-electron chi connectivity index (χ1n) is 6.05. The molecule has 1 aromatic carbocycles. The molecule has 0 spiro atoms. The smallest absolute Gasteiger partial charge is 0.379 e. The molecule has 0 aromatic heterocycles. The van der Waals surface area contributed by atoms with Crippen molar-refractivity contribution in [3.63, 3.8) is 0 Å². The summed E-state index contributed by atoms with van der Waals surface area (Å²) in [6, 6.07) is 5.84. The number of nitriles is 1. The van der Waals surface area contributed by atoms with Gasteiger partial charge in [0.1, 0.15) is 16.6 Å². The summed E-state index contributed by atoms with van der Waals surface area (Å²) in [6.45, 7) is -0.471. The second kappa shape index (κ2) is 8.38. The summed E-state index contributed by atoms with van der Waals surface area (Å²) in [5.41, 5.74) is -0.281. The standard InChI is InChI=1S/C13H10ClF4N3S2/c14-8-2-1-3-9(10(8)15)21-12(23)7(6-19)11(22)20-5-4-13(16,17)18/h1-3,20,22H,4-5H2,(H,21,23). The van der Waals surface area contributed by atoms with Crippen molar-refractivity contribution in [1.82, 2.24) is 5.32 Å². The van der Waals surface area contributed by atoms with Crippen molar-refractivity contribution in [2.75, 3.05) is 11.9 Å². The third-order valence-electron chi connectivity index (χ3n) is 2.48. The van der Waals surface area contributed by atoms with Crippen molar-refractivity contribution >= 4 is 47.1 Å². The molecule has 0 unspecified atom stereocenters. The van der Waals surface area contributed by atoms with Gasteiger partial charge in [0.25, 0.3) is 0 Å². The molecule has 0 atom stereocenters. The molecule has 10 heteroatoms. The molecule has 0 aliphatic rings. The van der Waals surface area contributed by atoms with Gasteiger partial charge in [0.15, 0.2) is 5.82 Å². The van der Waals surface area contributed by atoms with E-state index in [2.05, 4.69) is 23.3 Å². The van der Waals surface area contributed by atoms with E-state index in [-0.39, 0.29) is 26.3 Å². The first-order chi connectivity index (χ1) is 10.7. The quantitative estimate of drug-likeness (QED) is 0.231. The van der Waals surface area contributed by atoms with Crippen molar-refractivity contribution in [2.24, 2.45) is 0 Å². The first-order valence-corrected chi connectivity index (χ1v) is 7.28. The molecule has 3 nitrogen and oxygen atoms in total. The molecule has 0 fully saturated rings. The van der Waals surface area contributed by atoms with Crippen LogP contribution in [0.3, 0.4) is 0 Å². The molecule has 0 aliphatic heterocycles. The maximum atomic E-state index is 13.8. The fourth-order valence-corrected chi connectivity index (χ4v) is 2.19. The molecule has 0 heterocycles. The molecule has 2 N–H and O–H groups in total. The number of thiol groups is 1. The molecule has 0 bridgehead atoms. The zero-order valence-corrected chi connectivity index (χ0v) is 13.8. The number of nitrogens with zero attached hydrogens (tertiary/aromatic N) is 1. The summed E-state index contributed by atoms with van der Waals surface area (Å²) < 4.78 is 50.0. The third kappa shape index (κ3) is 6.25. The number of benzene rings is 1. The van der Waals surface area contributed by atoms with Crippen molar-refractivity contribution < 1.29 is 17.6 Å². The lowest BCUT2D eigenvalue weighted by molar-refractivity contribution is -0.133. The minimum Gasteiger partial charge on any atom is -0.379 e. The van der Waals surface area contributed by atoms with Crippen LogP contribution >= 0.6 is 36.4 Å². The molecule has 23 heavy (non-hydrogen) atoms. The van der Waals surface area contributed by atoms with Gasteiger partial charge in [0.2, 0.25) is 0 Å². The van der Waals surface area contributed by atoms with Crippen LogP contribution in [-0.2, 0) is 0 Å². The third-order valence-corrected chi connectivity index (χ3v) is 3.46. The van der Waals surface area contributed by atoms with Crippen LogP contribution in [0.25, 0.3) is 0 Å². The zero-order chi connectivity index (χ0) is 17.6. The van der Waals surface area contributed by atoms with Crippen LogP contribution in [0.5, 0.6) is 0 Å².